The van der Waals surface area contributed by atoms with Crippen molar-refractivity contribution in [3.63, 3.8) is 0 Å². The zero-order valence-electron chi connectivity index (χ0n) is 10.3. The van der Waals surface area contributed by atoms with Crippen molar-refractivity contribution < 1.29 is 9.47 Å². The van der Waals surface area contributed by atoms with Gasteiger partial charge in [-0.3, -0.25) is 0 Å². The topological polar surface area (TPSA) is 44.5 Å². The number of benzene rings is 1. The van der Waals surface area contributed by atoms with Crippen LogP contribution >= 0.6 is 11.6 Å². The molecular formula is C14H18ClNO2. The molecule has 98 valence electrons. The van der Waals surface area contributed by atoms with Gasteiger partial charge in [-0.15, -0.1) is 0 Å². The lowest BCUT2D eigenvalue weighted by atomic mass is 9.73. The Kier molecular flexibility index (Phi) is 3.22. The lowest BCUT2D eigenvalue weighted by Crippen LogP contribution is -2.43. The van der Waals surface area contributed by atoms with Crippen molar-refractivity contribution in [3.05, 3.63) is 28.8 Å². The van der Waals surface area contributed by atoms with Gasteiger partial charge in [0.05, 0.1) is 18.2 Å². The van der Waals surface area contributed by atoms with Crippen LogP contribution in [0.4, 0.5) is 0 Å². The van der Waals surface area contributed by atoms with E-state index in [4.69, 9.17) is 26.8 Å². The zero-order valence-corrected chi connectivity index (χ0v) is 11.1. The van der Waals surface area contributed by atoms with Gasteiger partial charge in [-0.05, 0) is 37.0 Å². The Morgan fingerprint density at radius 2 is 2.22 bits per heavy atom. The monoisotopic (exact) mass is 267 g/mol. The summed E-state index contributed by atoms with van der Waals surface area (Å²) >= 11 is 6.27. The minimum atomic E-state index is -0.168. The first-order valence-electron chi connectivity index (χ1n) is 6.51. The van der Waals surface area contributed by atoms with Crippen molar-refractivity contribution in [1.82, 2.24) is 0 Å². The molecule has 3 nitrogen and oxygen atoms in total. The largest absolute Gasteiger partial charge is 0.486 e. The Bertz CT molecular complexity index is 439. The molecular weight excluding hydrogens is 250 g/mol. The van der Waals surface area contributed by atoms with E-state index in [1.54, 1.807) is 0 Å². The molecule has 1 saturated carbocycles. The van der Waals surface area contributed by atoms with Gasteiger partial charge in [0.25, 0.3) is 0 Å². The third kappa shape index (κ3) is 2.22. The number of hydrogen-bond acceptors (Lipinski definition) is 3. The summed E-state index contributed by atoms with van der Waals surface area (Å²) in [6.45, 7) is 1.42. The molecule has 1 atom stereocenters. The molecule has 18 heavy (non-hydrogen) atoms. The molecule has 1 aromatic carbocycles. The van der Waals surface area contributed by atoms with Crippen molar-refractivity contribution in [2.75, 3.05) is 13.2 Å². The van der Waals surface area contributed by atoms with E-state index >= 15 is 0 Å². The van der Waals surface area contributed by atoms with Crippen LogP contribution in [0, 0.1) is 0 Å². The van der Waals surface area contributed by atoms with Gasteiger partial charge in [0.15, 0.2) is 0 Å². The maximum absolute atomic E-state index is 6.29. The second-order valence-corrected chi connectivity index (χ2v) is 5.67. The molecule has 2 N–H and O–H groups in total. The molecule has 4 heteroatoms. The van der Waals surface area contributed by atoms with Gasteiger partial charge in [0.1, 0.15) is 11.9 Å². The number of hydrogen-bond donors (Lipinski definition) is 1. The average molecular weight is 268 g/mol. The highest BCUT2D eigenvalue weighted by Crippen LogP contribution is 2.41. The molecule has 0 aromatic heterocycles. The second kappa shape index (κ2) is 4.72. The molecule has 0 bridgehead atoms. The molecule has 1 aliphatic carbocycles. The van der Waals surface area contributed by atoms with Gasteiger partial charge in [-0.25, -0.2) is 0 Å². The molecule has 2 aliphatic rings. The number of halogens is 1. The SMILES string of the molecule is NC1(c2ccc(OC3CCOC3)c(Cl)c2)CCC1. The first kappa shape index (κ1) is 12.3. The second-order valence-electron chi connectivity index (χ2n) is 5.26. The van der Waals surface area contributed by atoms with Crippen molar-refractivity contribution in [2.45, 2.75) is 37.3 Å². The Balaban J connectivity index is 1.76. The molecule has 1 unspecified atom stereocenters. The number of nitrogens with two attached hydrogens (primary N) is 1. The first-order chi connectivity index (χ1) is 8.67. The smallest absolute Gasteiger partial charge is 0.138 e. The van der Waals surface area contributed by atoms with Crippen LogP contribution in [0.1, 0.15) is 31.2 Å². The van der Waals surface area contributed by atoms with Gasteiger partial charge < -0.3 is 15.2 Å². The fourth-order valence-electron chi connectivity index (χ4n) is 2.54. The summed E-state index contributed by atoms with van der Waals surface area (Å²) in [5.74, 6) is 0.735. The summed E-state index contributed by atoms with van der Waals surface area (Å²) in [5, 5.41) is 0.649. The van der Waals surface area contributed by atoms with E-state index in [1.807, 2.05) is 18.2 Å². The van der Waals surface area contributed by atoms with Gasteiger partial charge in [0.2, 0.25) is 0 Å². The van der Waals surface area contributed by atoms with E-state index < -0.39 is 0 Å². The predicted octanol–water partition coefficient (Wildman–Crippen LogP) is 2.85. The molecule has 3 rings (SSSR count). The quantitative estimate of drug-likeness (QED) is 0.916. The fourth-order valence-corrected chi connectivity index (χ4v) is 2.76. The normalized spacial score (nSPS) is 25.8. The Labute approximate surface area is 112 Å². The lowest BCUT2D eigenvalue weighted by Gasteiger charge is -2.38. The van der Waals surface area contributed by atoms with Crippen molar-refractivity contribution >= 4 is 11.6 Å². The summed E-state index contributed by atoms with van der Waals surface area (Å²) in [6.07, 6.45) is 4.34. The van der Waals surface area contributed by atoms with Crippen LogP contribution in [0.3, 0.4) is 0 Å². The Morgan fingerprint density at radius 3 is 2.78 bits per heavy atom. The van der Waals surface area contributed by atoms with Crippen LogP contribution in [-0.4, -0.2) is 19.3 Å². The van der Waals surface area contributed by atoms with Crippen molar-refractivity contribution in [3.8, 4) is 5.75 Å². The highest BCUT2D eigenvalue weighted by molar-refractivity contribution is 6.32. The highest BCUT2D eigenvalue weighted by atomic mass is 35.5. The summed E-state index contributed by atoms with van der Waals surface area (Å²) in [6, 6.07) is 5.92. The maximum Gasteiger partial charge on any atom is 0.138 e. The minimum Gasteiger partial charge on any atom is -0.486 e. The standard InChI is InChI=1S/C14H18ClNO2/c15-12-8-10(14(16)5-1-6-14)2-3-13(12)18-11-4-7-17-9-11/h2-3,8,11H,1,4-7,9,16H2. The van der Waals surface area contributed by atoms with Crippen LogP contribution in [0.2, 0.25) is 5.02 Å². The Hall–Kier alpha value is -0.770. The van der Waals surface area contributed by atoms with Gasteiger partial charge in [-0.1, -0.05) is 17.7 Å². The van der Waals surface area contributed by atoms with Crippen molar-refractivity contribution in [1.29, 1.82) is 0 Å². The lowest BCUT2D eigenvalue weighted by molar-refractivity contribution is 0.141. The number of ether oxygens (including phenoxy) is 2. The third-order valence-electron chi connectivity index (χ3n) is 3.93. The molecule has 1 aromatic rings. The van der Waals surface area contributed by atoms with Crippen LogP contribution in [-0.2, 0) is 10.3 Å². The minimum absolute atomic E-state index is 0.129. The first-order valence-corrected chi connectivity index (χ1v) is 6.88. The highest BCUT2D eigenvalue weighted by Gasteiger charge is 2.34. The van der Waals surface area contributed by atoms with E-state index in [-0.39, 0.29) is 11.6 Å². The molecule has 1 heterocycles. The average Bonchev–Trinajstić information content (AvgIpc) is 2.81. The zero-order chi connectivity index (χ0) is 12.6. The predicted molar refractivity (Wildman–Crippen MR) is 71.0 cm³/mol. The molecule has 0 amide bonds. The van der Waals surface area contributed by atoms with E-state index in [0.717, 1.165) is 37.2 Å². The van der Waals surface area contributed by atoms with Gasteiger partial charge in [0, 0.05) is 12.0 Å². The molecule has 0 radical (unpaired) electrons. The van der Waals surface area contributed by atoms with E-state index in [1.165, 1.54) is 6.42 Å². The van der Waals surface area contributed by atoms with Gasteiger partial charge in [-0.2, -0.15) is 0 Å². The molecule has 0 spiro atoms. The Morgan fingerprint density at radius 1 is 1.39 bits per heavy atom. The molecule has 2 fully saturated rings. The summed E-state index contributed by atoms with van der Waals surface area (Å²) in [4.78, 5) is 0. The van der Waals surface area contributed by atoms with E-state index in [9.17, 15) is 0 Å². The van der Waals surface area contributed by atoms with E-state index in [2.05, 4.69) is 0 Å². The third-order valence-corrected chi connectivity index (χ3v) is 4.23. The number of rotatable bonds is 3. The van der Waals surface area contributed by atoms with Gasteiger partial charge >= 0.3 is 0 Å². The summed E-state index contributed by atoms with van der Waals surface area (Å²) in [7, 11) is 0. The summed E-state index contributed by atoms with van der Waals surface area (Å²) in [5.41, 5.74) is 7.24. The van der Waals surface area contributed by atoms with Crippen LogP contribution in [0.5, 0.6) is 5.75 Å². The van der Waals surface area contributed by atoms with Crippen LogP contribution in [0.15, 0.2) is 18.2 Å². The molecule has 1 aliphatic heterocycles. The summed E-state index contributed by atoms with van der Waals surface area (Å²) < 4.78 is 11.1. The fraction of sp³-hybridized carbons (Fsp3) is 0.571. The molecule has 1 saturated heterocycles. The van der Waals surface area contributed by atoms with Crippen molar-refractivity contribution in [2.24, 2.45) is 5.73 Å². The van der Waals surface area contributed by atoms with E-state index in [0.29, 0.717) is 11.6 Å². The maximum atomic E-state index is 6.29. The van der Waals surface area contributed by atoms with Crippen LogP contribution < -0.4 is 10.5 Å². The van der Waals surface area contributed by atoms with Crippen LogP contribution in [0.25, 0.3) is 0 Å².